The summed E-state index contributed by atoms with van der Waals surface area (Å²) >= 11 is 0. The number of aromatic nitrogens is 2. The molecule has 0 atom stereocenters. The number of allylic oxidation sites excluding steroid dienone is 1. The Morgan fingerprint density at radius 1 is 1.03 bits per heavy atom. The first-order valence-corrected chi connectivity index (χ1v) is 9.61. The first-order chi connectivity index (χ1) is 14.0. The minimum atomic E-state index is -0.0911. The molecule has 148 valence electrons. The molecule has 3 aromatic rings. The van der Waals surface area contributed by atoms with Crippen LogP contribution in [0.15, 0.2) is 66.4 Å². The lowest BCUT2D eigenvalue weighted by molar-refractivity contribution is -0.116. The van der Waals surface area contributed by atoms with Gasteiger partial charge >= 0.3 is 0 Å². The lowest BCUT2D eigenvalue weighted by Gasteiger charge is -2.10. The van der Waals surface area contributed by atoms with Crippen molar-refractivity contribution < 1.29 is 9.90 Å². The molecule has 0 bridgehead atoms. The van der Waals surface area contributed by atoms with Crippen molar-refractivity contribution in [1.82, 2.24) is 9.97 Å². The Morgan fingerprint density at radius 3 is 2.41 bits per heavy atom. The molecule has 0 aliphatic heterocycles. The van der Waals surface area contributed by atoms with E-state index in [1.165, 1.54) is 0 Å². The van der Waals surface area contributed by atoms with E-state index < -0.39 is 0 Å². The molecule has 0 saturated carbocycles. The van der Waals surface area contributed by atoms with E-state index in [0.29, 0.717) is 30.0 Å². The summed E-state index contributed by atoms with van der Waals surface area (Å²) in [5, 5.41) is 12.1. The number of carbonyl (C=O) groups is 1. The summed E-state index contributed by atoms with van der Waals surface area (Å²) in [5.41, 5.74) is 5.27. The van der Waals surface area contributed by atoms with Crippen LogP contribution in [0.3, 0.4) is 0 Å². The van der Waals surface area contributed by atoms with E-state index in [1.807, 2.05) is 74.5 Å². The zero-order valence-corrected chi connectivity index (χ0v) is 16.7. The normalized spacial score (nSPS) is 10.4. The minimum Gasteiger partial charge on any atom is -0.392 e. The molecule has 29 heavy (non-hydrogen) atoms. The van der Waals surface area contributed by atoms with Gasteiger partial charge in [0.1, 0.15) is 5.69 Å². The number of benzene rings is 2. The zero-order chi connectivity index (χ0) is 20.6. The molecule has 0 unspecified atom stereocenters. The lowest BCUT2D eigenvalue weighted by atomic mass is 10.1. The predicted molar refractivity (Wildman–Crippen MR) is 116 cm³/mol. The first kappa shape index (κ1) is 20.4. The largest absolute Gasteiger partial charge is 0.392 e. The average molecular weight is 387 g/mol. The Bertz CT molecular complexity index is 992. The number of hydrogen-bond donors (Lipinski definition) is 2. The van der Waals surface area contributed by atoms with Crippen LogP contribution in [-0.4, -0.2) is 21.0 Å². The quantitative estimate of drug-likeness (QED) is 0.620. The van der Waals surface area contributed by atoms with Gasteiger partial charge in [0.25, 0.3) is 0 Å². The van der Waals surface area contributed by atoms with Crippen LogP contribution in [0.5, 0.6) is 0 Å². The van der Waals surface area contributed by atoms with E-state index in [1.54, 1.807) is 6.20 Å². The molecule has 3 rings (SSSR count). The third-order valence-corrected chi connectivity index (χ3v) is 4.40. The predicted octanol–water partition coefficient (Wildman–Crippen LogP) is 4.63. The van der Waals surface area contributed by atoms with Gasteiger partial charge < -0.3 is 10.4 Å². The number of hydrogen-bond acceptors (Lipinski definition) is 4. The number of aliphatic hydroxyl groups excluding tert-OH is 1. The second-order valence-corrected chi connectivity index (χ2v) is 7.10. The number of aliphatic hydroxyl groups is 1. The summed E-state index contributed by atoms with van der Waals surface area (Å²) < 4.78 is 0. The van der Waals surface area contributed by atoms with Gasteiger partial charge in [-0.05, 0) is 37.5 Å². The molecule has 0 spiro atoms. The summed E-state index contributed by atoms with van der Waals surface area (Å²) in [6.07, 6.45) is 4.62. The molecule has 0 fully saturated rings. The van der Waals surface area contributed by atoms with Crippen molar-refractivity contribution in [2.75, 3.05) is 5.32 Å². The van der Waals surface area contributed by atoms with Crippen LogP contribution in [0.4, 0.5) is 5.82 Å². The summed E-state index contributed by atoms with van der Waals surface area (Å²) in [6, 6.07) is 17.4. The third-order valence-electron chi connectivity index (χ3n) is 4.40. The lowest BCUT2D eigenvalue weighted by Crippen LogP contribution is -2.15. The standard InChI is InChI=1S/C24H25N3O2/c1-17(2)14-21-24(27-23(29)13-10-18-6-4-3-5-7-18)25-15-22(26-21)20-11-8-19(16-28)9-12-20/h3-9,11-12,14-15,28H,10,13,16H2,1-2H3,(H,25,27,29). The minimum absolute atomic E-state index is 0.00290. The van der Waals surface area contributed by atoms with Crippen LogP contribution < -0.4 is 5.32 Å². The first-order valence-electron chi connectivity index (χ1n) is 9.61. The fraction of sp³-hybridized carbons (Fsp3) is 0.208. The SMILES string of the molecule is CC(C)=Cc1nc(-c2ccc(CO)cc2)cnc1NC(=O)CCc1ccccc1. The van der Waals surface area contributed by atoms with E-state index in [2.05, 4.69) is 10.3 Å². The molecule has 0 aliphatic rings. The Hall–Kier alpha value is -3.31. The maximum Gasteiger partial charge on any atom is 0.225 e. The Morgan fingerprint density at radius 2 is 1.76 bits per heavy atom. The van der Waals surface area contributed by atoms with Crippen molar-refractivity contribution in [1.29, 1.82) is 0 Å². The fourth-order valence-electron chi connectivity index (χ4n) is 2.89. The molecule has 0 saturated heterocycles. The summed E-state index contributed by atoms with van der Waals surface area (Å²) in [5.74, 6) is 0.367. The molecule has 5 nitrogen and oxygen atoms in total. The Kier molecular flexibility index (Phi) is 6.87. The number of anilines is 1. The van der Waals surface area contributed by atoms with Crippen LogP contribution >= 0.6 is 0 Å². The number of amides is 1. The van der Waals surface area contributed by atoms with Crippen LogP contribution in [0.1, 0.15) is 37.1 Å². The van der Waals surface area contributed by atoms with Crippen LogP contribution in [0.25, 0.3) is 17.3 Å². The number of nitrogens with one attached hydrogen (secondary N) is 1. The van der Waals surface area contributed by atoms with E-state index >= 15 is 0 Å². The van der Waals surface area contributed by atoms with E-state index in [-0.39, 0.29) is 12.5 Å². The van der Waals surface area contributed by atoms with Crippen molar-refractivity contribution >= 4 is 17.8 Å². The molecular weight excluding hydrogens is 362 g/mol. The second kappa shape index (κ2) is 9.75. The topological polar surface area (TPSA) is 75.1 Å². The highest BCUT2D eigenvalue weighted by Crippen LogP contribution is 2.22. The van der Waals surface area contributed by atoms with Crippen molar-refractivity contribution in [3.63, 3.8) is 0 Å². The highest BCUT2D eigenvalue weighted by molar-refractivity contribution is 5.91. The maximum absolute atomic E-state index is 12.4. The summed E-state index contributed by atoms with van der Waals surface area (Å²) in [7, 11) is 0. The fourth-order valence-corrected chi connectivity index (χ4v) is 2.89. The highest BCUT2D eigenvalue weighted by atomic mass is 16.3. The van der Waals surface area contributed by atoms with Gasteiger partial charge in [-0.1, -0.05) is 60.2 Å². The molecule has 1 aromatic heterocycles. The average Bonchev–Trinajstić information content (AvgIpc) is 2.74. The van der Waals surface area contributed by atoms with E-state index in [4.69, 9.17) is 4.98 Å². The van der Waals surface area contributed by atoms with Crippen molar-refractivity contribution in [3.8, 4) is 11.3 Å². The van der Waals surface area contributed by atoms with Crippen LogP contribution in [-0.2, 0) is 17.8 Å². The van der Waals surface area contributed by atoms with Gasteiger partial charge in [-0.2, -0.15) is 0 Å². The Balaban J connectivity index is 1.78. The molecule has 0 radical (unpaired) electrons. The molecule has 2 N–H and O–H groups in total. The van der Waals surface area contributed by atoms with Crippen LogP contribution in [0.2, 0.25) is 0 Å². The van der Waals surface area contributed by atoms with Crippen molar-refractivity contribution in [2.24, 2.45) is 0 Å². The number of nitrogens with zero attached hydrogens (tertiary/aromatic N) is 2. The summed E-state index contributed by atoms with van der Waals surface area (Å²) in [6.45, 7) is 3.96. The number of aryl methyl sites for hydroxylation is 1. The second-order valence-electron chi connectivity index (χ2n) is 7.10. The van der Waals surface area contributed by atoms with Gasteiger partial charge in [-0.15, -0.1) is 0 Å². The highest BCUT2D eigenvalue weighted by Gasteiger charge is 2.11. The Labute approximate surface area is 171 Å². The van der Waals surface area contributed by atoms with Crippen LogP contribution in [0, 0.1) is 0 Å². The molecule has 1 amide bonds. The third kappa shape index (κ3) is 5.83. The van der Waals surface area contributed by atoms with Gasteiger partial charge in [0, 0.05) is 12.0 Å². The number of carbonyl (C=O) groups excluding carboxylic acids is 1. The maximum atomic E-state index is 12.4. The van der Waals surface area contributed by atoms with Gasteiger partial charge in [0.2, 0.25) is 5.91 Å². The molecule has 0 aliphatic carbocycles. The molecule has 5 heteroatoms. The number of rotatable bonds is 7. The van der Waals surface area contributed by atoms with Gasteiger partial charge in [-0.3, -0.25) is 4.79 Å². The summed E-state index contributed by atoms with van der Waals surface area (Å²) in [4.78, 5) is 21.6. The van der Waals surface area contributed by atoms with Gasteiger partial charge in [-0.25, -0.2) is 9.97 Å². The van der Waals surface area contributed by atoms with Gasteiger partial charge in [0.15, 0.2) is 5.82 Å². The monoisotopic (exact) mass is 387 g/mol. The van der Waals surface area contributed by atoms with Crippen molar-refractivity contribution in [3.05, 3.63) is 83.2 Å². The smallest absolute Gasteiger partial charge is 0.225 e. The van der Waals surface area contributed by atoms with E-state index in [9.17, 15) is 9.90 Å². The molecule has 2 aromatic carbocycles. The molecular formula is C24H25N3O2. The zero-order valence-electron chi connectivity index (χ0n) is 16.7. The molecule has 1 heterocycles. The van der Waals surface area contributed by atoms with E-state index in [0.717, 1.165) is 22.3 Å². The van der Waals surface area contributed by atoms with Gasteiger partial charge in [0.05, 0.1) is 18.5 Å². The van der Waals surface area contributed by atoms with Crippen molar-refractivity contribution in [2.45, 2.75) is 33.3 Å².